The standard InChI is InChI=1S/C29H19ClO/c30-22-15-14-20-17-25-24-11-5-7-13-27(24)29(31,28(25)18-21(20)16-22)26-12-6-4-10-23(26)19-8-2-1-3-9-19/h1-18,31H. The Kier molecular flexibility index (Phi) is 4.04. The SMILES string of the molecule is OC1(c2ccccc2-c2ccccc2)c2ccccc2-c2cc3ccc(Cl)cc3cc21. The van der Waals surface area contributed by atoms with Crippen molar-refractivity contribution in [1.29, 1.82) is 0 Å². The molecule has 0 spiro atoms. The highest BCUT2D eigenvalue weighted by Gasteiger charge is 2.44. The van der Waals surface area contributed by atoms with Crippen LogP contribution in [0.1, 0.15) is 16.7 Å². The fourth-order valence-corrected chi connectivity index (χ4v) is 5.11. The van der Waals surface area contributed by atoms with Crippen molar-refractivity contribution in [2.24, 2.45) is 0 Å². The molecule has 1 unspecified atom stereocenters. The van der Waals surface area contributed by atoms with Crippen molar-refractivity contribution in [3.8, 4) is 22.3 Å². The molecule has 1 atom stereocenters. The second-order valence-corrected chi connectivity index (χ2v) is 8.49. The smallest absolute Gasteiger partial charge is 0.142 e. The highest BCUT2D eigenvalue weighted by Crippen LogP contribution is 2.53. The molecular formula is C29H19ClO. The first-order chi connectivity index (χ1) is 15.2. The van der Waals surface area contributed by atoms with Gasteiger partial charge in [0, 0.05) is 21.7 Å². The summed E-state index contributed by atoms with van der Waals surface area (Å²) in [5.74, 6) is 0. The number of rotatable bonds is 2. The van der Waals surface area contributed by atoms with Gasteiger partial charge in [0.1, 0.15) is 5.60 Å². The van der Waals surface area contributed by atoms with E-state index in [1.807, 2.05) is 72.8 Å². The van der Waals surface area contributed by atoms with E-state index >= 15 is 0 Å². The van der Waals surface area contributed by atoms with Crippen molar-refractivity contribution in [3.05, 3.63) is 131 Å². The first-order valence-electron chi connectivity index (χ1n) is 10.4. The third-order valence-corrected chi connectivity index (χ3v) is 6.57. The Morgan fingerprint density at radius 2 is 1.16 bits per heavy atom. The van der Waals surface area contributed by atoms with E-state index in [4.69, 9.17) is 11.6 Å². The van der Waals surface area contributed by atoms with E-state index in [0.717, 1.165) is 49.7 Å². The van der Waals surface area contributed by atoms with Gasteiger partial charge in [-0.3, -0.25) is 0 Å². The van der Waals surface area contributed by atoms with E-state index in [1.165, 1.54) is 0 Å². The molecule has 0 aromatic heterocycles. The molecule has 0 fully saturated rings. The van der Waals surface area contributed by atoms with E-state index < -0.39 is 5.60 Å². The monoisotopic (exact) mass is 418 g/mol. The number of aliphatic hydroxyl groups is 1. The van der Waals surface area contributed by atoms with Crippen LogP contribution in [0.25, 0.3) is 33.0 Å². The van der Waals surface area contributed by atoms with Crippen LogP contribution in [0.15, 0.2) is 109 Å². The maximum absolute atomic E-state index is 12.5. The van der Waals surface area contributed by atoms with Crippen molar-refractivity contribution in [1.82, 2.24) is 0 Å². The summed E-state index contributed by atoms with van der Waals surface area (Å²) in [6.45, 7) is 0. The summed E-state index contributed by atoms with van der Waals surface area (Å²) in [5.41, 5.74) is 5.68. The number of hydrogen-bond acceptors (Lipinski definition) is 1. The number of halogens is 1. The lowest BCUT2D eigenvalue weighted by atomic mass is 9.80. The average Bonchev–Trinajstić information content (AvgIpc) is 3.07. The van der Waals surface area contributed by atoms with Crippen molar-refractivity contribution >= 4 is 22.4 Å². The highest BCUT2D eigenvalue weighted by molar-refractivity contribution is 6.31. The number of fused-ring (bicyclic) bond motifs is 4. The minimum Gasteiger partial charge on any atom is -0.376 e. The van der Waals surface area contributed by atoms with Gasteiger partial charge in [0.2, 0.25) is 0 Å². The molecule has 31 heavy (non-hydrogen) atoms. The van der Waals surface area contributed by atoms with Gasteiger partial charge in [0.05, 0.1) is 0 Å². The predicted molar refractivity (Wildman–Crippen MR) is 128 cm³/mol. The van der Waals surface area contributed by atoms with Crippen molar-refractivity contribution in [2.45, 2.75) is 5.60 Å². The molecule has 0 aliphatic heterocycles. The van der Waals surface area contributed by atoms with Crippen LogP contribution in [0.5, 0.6) is 0 Å². The van der Waals surface area contributed by atoms with Crippen LogP contribution in [-0.2, 0) is 5.60 Å². The highest BCUT2D eigenvalue weighted by atomic mass is 35.5. The molecule has 0 saturated heterocycles. The van der Waals surface area contributed by atoms with Gasteiger partial charge in [-0.15, -0.1) is 0 Å². The quantitative estimate of drug-likeness (QED) is 0.316. The lowest BCUT2D eigenvalue weighted by Crippen LogP contribution is -2.27. The van der Waals surface area contributed by atoms with Crippen molar-refractivity contribution in [2.75, 3.05) is 0 Å². The normalized spacial score (nSPS) is 16.8. The van der Waals surface area contributed by atoms with Crippen LogP contribution in [0.2, 0.25) is 5.02 Å². The zero-order valence-electron chi connectivity index (χ0n) is 16.7. The molecule has 1 N–H and O–H groups in total. The summed E-state index contributed by atoms with van der Waals surface area (Å²) in [4.78, 5) is 0. The lowest BCUT2D eigenvalue weighted by molar-refractivity contribution is 0.131. The second-order valence-electron chi connectivity index (χ2n) is 8.06. The minimum atomic E-state index is -1.26. The Hall–Kier alpha value is -3.39. The first-order valence-corrected chi connectivity index (χ1v) is 10.7. The van der Waals surface area contributed by atoms with Crippen LogP contribution in [0.3, 0.4) is 0 Å². The molecule has 0 bridgehead atoms. The van der Waals surface area contributed by atoms with Crippen molar-refractivity contribution < 1.29 is 5.11 Å². The Balaban J connectivity index is 1.71. The molecule has 5 aromatic rings. The molecule has 1 aliphatic rings. The molecule has 0 radical (unpaired) electrons. The lowest BCUT2D eigenvalue weighted by Gasteiger charge is -2.29. The Bertz CT molecular complexity index is 1450. The summed E-state index contributed by atoms with van der Waals surface area (Å²) in [7, 11) is 0. The number of hydrogen-bond donors (Lipinski definition) is 1. The molecule has 0 heterocycles. The van der Waals surface area contributed by atoms with Crippen LogP contribution in [0, 0.1) is 0 Å². The molecular weight excluding hydrogens is 400 g/mol. The predicted octanol–water partition coefficient (Wildman–Crippen LogP) is 7.42. The Morgan fingerprint density at radius 3 is 1.94 bits per heavy atom. The van der Waals surface area contributed by atoms with Crippen LogP contribution < -0.4 is 0 Å². The van der Waals surface area contributed by atoms with Gasteiger partial charge < -0.3 is 5.11 Å². The third kappa shape index (κ3) is 2.68. The topological polar surface area (TPSA) is 20.2 Å². The maximum atomic E-state index is 12.5. The summed E-state index contributed by atoms with van der Waals surface area (Å²) in [6, 6.07) is 36.7. The molecule has 0 amide bonds. The molecule has 0 saturated carbocycles. The van der Waals surface area contributed by atoms with Gasteiger partial charge in [0.15, 0.2) is 0 Å². The van der Waals surface area contributed by atoms with Gasteiger partial charge >= 0.3 is 0 Å². The van der Waals surface area contributed by atoms with Gasteiger partial charge in [-0.1, -0.05) is 96.5 Å². The van der Waals surface area contributed by atoms with Crippen LogP contribution in [0.4, 0.5) is 0 Å². The van der Waals surface area contributed by atoms with Crippen LogP contribution in [-0.4, -0.2) is 5.11 Å². The number of benzene rings is 5. The third-order valence-electron chi connectivity index (χ3n) is 6.34. The molecule has 6 rings (SSSR count). The van der Waals surface area contributed by atoms with E-state index in [1.54, 1.807) is 0 Å². The fraction of sp³-hybridized carbons (Fsp3) is 0.0345. The minimum absolute atomic E-state index is 0.691. The largest absolute Gasteiger partial charge is 0.376 e. The maximum Gasteiger partial charge on any atom is 0.142 e. The van der Waals surface area contributed by atoms with Gasteiger partial charge in [-0.05, 0) is 57.3 Å². The van der Waals surface area contributed by atoms with Crippen molar-refractivity contribution in [3.63, 3.8) is 0 Å². The Labute approximate surface area is 186 Å². The zero-order chi connectivity index (χ0) is 21.0. The fourth-order valence-electron chi connectivity index (χ4n) is 4.93. The molecule has 2 heteroatoms. The molecule has 148 valence electrons. The molecule has 1 nitrogen and oxygen atoms in total. The summed E-state index contributed by atoms with van der Waals surface area (Å²) >= 11 is 6.29. The van der Waals surface area contributed by atoms with E-state index in [9.17, 15) is 5.11 Å². The van der Waals surface area contributed by atoms with E-state index in [0.29, 0.717) is 5.02 Å². The van der Waals surface area contributed by atoms with Gasteiger partial charge in [-0.2, -0.15) is 0 Å². The van der Waals surface area contributed by atoms with E-state index in [-0.39, 0.29) is 0 Å². The molecule has 5 aromatic carbocycles. The van der Waals surface area contributed by atoms with Gasteiger partial charge in [-0.25, -0.2) is 0 Å². The zero-order valence-corrected chi connectivity index (χ0v) is 17.5. The van der Waals surface area contributed by atoms with E-state index in [2.05, 4.69) is 36.4 Å². The average molecular weight is 419 g/mol. The second kappa shape index (κ2) is 6.81. The Morgan fingerprint density at radius 1 is 0.516 bits per heavy atom. The summed E-state index contributed by atoms with van der Waals surface area (Å²) in [6.07, 6.45) is 0. The first kappa shape index (κ1) is 18.4. The van der Waals surface area contributed by atoms with Crippen LogP contribution >= 0.6 is 11.6 Å². The summed E-state index contributed by atoms with van der Waals surface area (Å²) < 4.78 is 0. The van der Waals surface area contributed by atoms with Gasteiger partial charge in [0.25, 0.3) is 0 Å². The molecule has 1 aliphatic carbocycles. The summed E-state index contributed by atoms with van der Waals surface area (Å²) in [5, 5.41) is 15.3.